The Morgan fingerprint density at radius 3 is 2.65 bits per heavy atom. The summed E-state index contributed by atoms with van der Waals surface area (Å²) in [5.74, 6) is 1.59. The van der Waals surface area contributed by atoms with Crippen molar-refractivity contribution in [2.45, 2.75) is 13.5 Å². The molecular formula is C20H17NO5. The van der Waals surface area contributed by atoms with Crippen molar-refractivity contribution in [3.8, 4) is 23.3 Å². The van der Waals surface area contributed by atoms with Crippen molar-refractivity contribution in [1.82, 2.24) is 0 Å². The third-order valence-electron chi connectivity index (χ3n) is 3.79. The van der Waals surface area contributed by atoms with Gasteiger partial charge in [0.25, 0.3) is 0 Å². The highest BCUT2D eigenvalue weighted by Gasteiger charge is 2.11. The fourth-order valence-electron chi connectivity index (χ4n) is 2.58. The van der Waals surface area contributed by atoms with Crippen LogP contribution in [0.3, 0.4) is 0 Å². The Hall–Kier alpha value is -3.46. The number of benzene rings is 2. The van der Waals surface area contributed by atoms with Gasteiger partial charge in [0, 0.05) is 29.1 Å². The van der Waals surface area contributed by atoms with Crippen LogP contribution >= 0.6 is 0 Å². The van der Waals surface area contributed by atoms with Crippen LogP contribution in [0.15, 0.2) is 51.7 Å². The number of hydrogen-bond acceptors (Lipinski definition) is 6. The lowest BCUT2D eigenvalue weighted by Crippen LogP contribution is -2.05. The number of fused-ring (bicyclic) bond motifs is 1. The molecule has 3 rings (SSSR count). The zero-order valence-corrected chi connectivity index (χ0v) is 14.4. The van der Waals surface area contributed by atoms with Gasteiger partial charge >= 0.3 is 5.63 Å². The van der Waals surface area contributed by atoms with E-state index in [1.807, 2.05) is 13.0 Å². The van der Waals surface area contributed by atoms with Gasteiger partial charge in [0.2, 0.25) is 0 Å². The standard InChI is InChI=1S/C20H17NO5/c1-3-24-19-8-13(11-21)4-7-17(19)25-12-14-9-20(22)26-18-10-15(23-2)5-6-16(14)18/h4-10H,3,12H2,1-2H3. The van der Waals surface area contributed by atoms with Gasteiger partial charge in [-0.3, -0.25) is 0 Å². The second-order valence-corrected chi connectivity index (χ2v) is 5.45. The average Bonchev–Trinajstić information content (AvgIpc) is 2.66. The largest absolute Gasteiger partial charge is 0.497 e. The molecule has 0 bridgehead atoms. The van der Waals surface area contributed by atoms with Crippen LogP contribution in [0.2, 0.25) is 0 Å². The van der Waals surface area contributed by atoms with Gasteiger partial charge in [0.05, 0.1) is 25.3 Å². The van der Waals surface area contributed by atoms with Gasteiger partial charge in [0.1, 0.15) is 17.9 Å². The molecule has 0 fully saturated rings. The van der Waals surface area contributed by atoms with E-state index in [9.17, 15) is 4.79 Å². The van der Waals surface area contributed by atoms with Crippen LogP contribution in [0.5, 0.6) is 17.2 Å². The summed E-state index contributed by atoms with van der Waals surface area (Å²) in [5.41, 5.74) is 1.14. The Balaban J connectivity index is 1.93. The second-order valence-electron chi connectivity index (χ2n) is 5.45. The summed E-state index contributed by atoms with van der Waals surface area (Å²) in [6.45, 7) is 2.45. The second kappa shape index (κ2) is 7.62. The highest BCUT2D eigenvalue weighted by molar-refractivity contribution is 5.81. The lowest BCUT2D eigenvalue weighted by Gasteiger charge is -2.13. The quantitative estimate of drug-likeness (QED) is 0.631. The maximum atomic E-state index is 11.8. The van der Waals surface area contributed by atoms with E-state index in [1.165, 1.54) is 6.07 Å². The van der Waals surface area contributed by atoms with Crippen molar-refractivity contribution >= 4 is 11.0 Å². The summed E-state index contributed by atoms with van der Waals surface area (Å²) in [6, 6.07) is 13.7. The number of ether oxygens (including phenoxy) is 3. The number of nitrogens with zero attached hydrogens (tertiary/aromatic N) is 1. The SMILES string of the molecule is CCOc1cc(C#N)ccc1OCc1cc(=O)oc2cc(OC)ccc12. The molecule has 0 aliphatic carbocycles. The van der Waals surface area contributed by atoms with E-state index in [4.69, 9.17) is 23.9 Å². The van der Waals surface area contributed by atoms with E-state index in [-0.39, 0.29) is 6.61 Å². The van der Waals surface area contributed by atoms with Gasteiger partial charge in [-0.1, -0.05) is 0 Å². The number of nitriles is 1. The lowest BCUT2D eigenvalue weighted by molar-refractivity contribution is 0.269. The minimum absolute atomic E-state index is 0.153. The van der Waals surface area contributed by atoms with Gasteiger partial charge in [0.15, 0.2) is 11.5 Å². The van der Waals surface area contributed by atoms with Gasteiger partial charge in [-0.2, -0.15) is 5.26 Å². The molecule has 0 aliphatic rings. The van der Waals surface area contributed by atoms with Crippen molar-refractivity contribution in [3.05, 3.63) is 64.0 Å². The van der Waals surface area contributed by atoms with Crippen LogP contribution in [-0.2, 0) is 6.61 Å². The minimum Gasteiger partial charge on any atom is -0.497 e. The Morgan fingerprint density at radius 1 is 1.08 bits per heavy atom. The summed E-state index contributed by atoms with van der Waals surface area (Å²) in [4.78, 5) is 11.8. The maximum Gasteiger partial charge on any atom is 0.336 e. The van der Waals surface area contributed by atoms with Crippen molar-refractivity contribution in [2.24, 2.45) is 0 Å². The first kappa shape index (κ1) is 17.4. The van der Waals surface area contributed by atoms with Crippen molar-refractivity contribution < 1.29 is 18.6 Å². The molecule has 0 amide bonds. The first-order valence-electron chi connectivity index (χ1n) is 8.05. The normalized spacial score (nSPS) is 10.3. The van der Waals surface area contributed by atoms with Crippen LogP contribution in [0.1, 0.15) is 18.1 Å². The van der Waals surface area contributed by atoms with E-state index in [2.05, 4.69) is 6.07 Å². The third kappa shape index (κ3) is 3.62. The highest BCUT2D eigenvalue weighted by atomic mass is 16.5. The molecule has 26 heavy (non-hydrogen) atoms. The van der Waals surface area contributed by atoms with Gasteiger partial charge < -0.3 is 18.6 Å². The summed E-state index contributed by atoms with van der Waals surface area (Å²) >= 11 is 0. The fourth-order valence-corrected chi connectivity index (χ4v) is 2.58. The molecule has 2 aromatic carbocycles. The summed E-state index contributed by atoms with van der Waals surface area (Å²) < 4.78 is 21.8. The number of hydrogen-bond donors (Lipinski definition) is 0. The molecule has 0 atom stereocenters. The molecular weight excluding hydrogens is 334 g/mol. The first-order chi connectivity index (χ1) is 12.6. The molecule has 0 aliphatic heterocycles. The topological polar surface area (TPSA) is 81.7 Å². The molecule has 1 aromatic heterocycles. The van der Waals surface area contributed by atoms with Crippen LogP contribution in [0, 0.1) is 11.3 Å². The van der Waals surface area contributed by atoms with Gasteiger partial charge in [-0.15, -0.1) is 0 Å². The minimum atomic E-state index is -0.464. The third-order valence-corrected chi connectivity index (χ3v) is 3.79. The Bertz CT molecular complexity index is 1030. The molecule has 6 heteroatoms. The molecule has 0 N–H and O–H groups in total. The molecule has 0 spiro atoms. The Labute approximate surface area is 150 Å². The smallest absolute Gasteiger partial charge is 0.336 e. The predicted octanol–water partition coefficient (Wildman–Crippen LogP) is 3.65. The van der Waals surface area contributed by atoms with Gasteiger partial charge in [-0.05, 0) is 31.2 Å². The first-order valence-corrected chi connectivity index (χ1v) is 8.05. The lowest BCUT2D eigenvalue weighted by atomic mass is 10.1. The van der Waals surface area contributed by atoms with E-state index in [1.54, 1.807) is 37.4 Å². The molecule has 6 nitrogen and oxygen atoms in total. The molecule has 0 radical (unpaired) electrons. The zero-order valence-electron chi connectivity index (χ0n) is 14.4. The molecule has 1 heterocycles. The van der Waals surface area contributed by atoms with Crippen molar-refractivity contribution in [1.29, 1.82) is 5.26 Å². The predicted molar refractivity (Wildman–Crippen MR) is 95.7 cm³/mol. The Kier molecular flexibility index (Phi) is 5.09. The fraction of sp³-hybridized carbons (Fsp3) is 0.200. The van der Waals surface area contributed by atoms with Crippen LogP contribution in [0.25, 0.3) is 11.0 Å². The van der Waals surface area contributed by atoms with E-state index < -0.39 is 5.63 Å². The van der Waals surface area contributed by atoms with E-state index in [0.29, 0.717) is 40.6 Å². The molecule has 0 saturated heterocycles. The van der Waals surface area contributed by atoms with Crippen LogP contribution in [-0.4, -0.2) is 13.7 Å². The molecule has 132 valence electrons. The average molecular weight is 351 g/mol. The van der Waals surface area contributed by atoms with Crippen molar-refractivity contribution in [3.63, 3.8) is 0 Å². The summed E-state index contributed by atoms with van der Waals surface area (Å²) in [5, 5.41) is 9.78. The number of rotatable bonds is 6. The van der Waals surface area contributed by atoms with Crippen molar-refractivity contribution in [2.75, 3.05) is 13.7 Å². The summed E-state index contributed by atoms with van der Waals surface area (Å²) in [6.07, 6.45) is 0. The highest BCUT2D eigenvalue weighted by Crippen LogP contribution is 2.30. The molecule has 3 aromatic rings. The van der Waals surface area contributed by atoms with E-state index >= 15 is 0 Å². The van der Waals surface area contributed by atoms with E-state index in [0.717, 1.165) is 5.39 Å². The number of methoxy groups -OCH3 is 1. The van der Waals surface area contributed by atoms with Crippen LogP contribution < -0.4 is 19.8 Å². The van der Waals surface area contributed by atoms with Gasteiger partial charge in [-0.25, -0.2) is 4.79 Å². The van der Waals surface area contributed by atoms with Crippen LogP contribution in [0.4, 0.5) is 0 Å². The molecule has 0 saturated carbocycles. The maximum absolute atomic E-state index is 11.8. The molecule has 0 unspecified atom stereocenters. The summed E-state index contributed by atoms with van der Waals surface area (Å²) in [7, 11) is 1.55. The zero-order chi connectivity index (χ0) is 18.5. The monoisotopic (exact) mass is 351 g/mol. The Morgan fingerprint density at radius 2 is 1.92 bits per heavy atom.